The Hall–Kier alpha value is -0.770. The minimum atomic E-state index is -0.470. The van der Waals surface area contributed by atoms with Gasteiger partial charge in [0.25, 0.3) is 0 Å². The first-order valence-electron chi connectivity index (χ1n) is 6.38. The van der Waals surface area contributed by atoms with E-state index < -0.39 is 5.60 Å². The summed E-state index contributed by atoms with van der Waals surface area (Å²) in [6.07, 6.45) is 1.63. The van der Waals surface area contributed by atoms with Gasteiger partial charge >= 0.3 is 6.09 Å². The summed E-state index contributed by atoms with van der Waals surface area (Å²) in [5, 5.41) is 9.30. The van der Waals surface area contributed by atoms with Crippen molar-refractivity contribution in [2.24, 2.45) is 5.92 Å². The largest absolute Gasteiger partial charge is 0.444 e. The van der Waals surface area contributed by atoms with Crippen LogP contribution in [0.5, 0.6) is 0 Å². The molecule has 1 heterocycles. The molecule has 0 saturated carbocycles. The smallest absolute Gasteiger partial charge is 0.410 e. The summed E-state index contributed by atoms with van der Waals surface area (Å²) >= 11 is 0. The van der Waals surface area contributed by atoms with Gasteiger partial charge in [0.15, 0.2) is 0 Å². The fourth-order valence-corrected chi connectivity index (χ4v) is 2.37. The average Bonchev–Trinajstić information content (AvgIpc) is 2.15. The van der Waals surface area contributed by atoms with E-state index in [-0.39, 0.29) is 30.7 Å². The lowest BCUT2D eigenvalue weighted by atomic mass is 9.87. The SMILES string of the molecule is CC1CCC(CO)C(C)N1C(=O)OC(C)(C)C. The first kappa shape index (κ1) is 14.3. The number of amides is 1. The van der Waals surface area contributed by atoms with Crippen LogP contribution in [0, 0.1) is 5.92 Å². The monoisotopic (exact) mass is 243 g/mol. The Morgan fingerprint density at radius 2 is 1.94 bits per heavy atom. The first-order chi connectivity index (χ1) is 7.76. The molecule has 0 radical (unpaired) electrons. The van der Waals surface area contributed by atoms with Crippen LogP contribution in [0.2, 0.25) is 0 Å². The maximum Gasteiger partial charge on any atom is 0.410 e. The van der Waals surface area contributed by atoms with E-state index in [0.29, 0.717) is 0 Å². The van der Waals surface area contributed by atoms with E-state index >= 15 is 0 Å². The highest BCUT2D eigenvalue weighted by atomic mass is 16.6. The summed E-state index contributed by atoms with van der Waals surface area (Å²) in [6.45, 7) is 9.76. The second-order valence-corrected chi connectivity index (χ2v) is 6.00. The highest BCUT2D eigenvalue weighted by Crippen LogP contribution is 2.29. The predicted octanol–water partition coefficient (Wildman–Crippen LogP) is 2.40. The second kappa shape index (κ2) is 5.25. The quantitative estimate of drug-likeness (QED) is 0.769. The number of rotatable bonds is 1. The van der Waals surface area contributed by atoms with E-state index in [1.54, 1.807) is 4.90 Å². The van der Waals surface area contributed by atoms with E-state index in [1.165, 1.54) is 0 Å². The summed E-state index contributed by atoms with van der Waals surface area (Å²) in [5.41, 5.74) is -0.470. The Morgan fingerprint density at radius 1 is 1.35 bits per heavy atom. The number of hydrogen-bond acceptors (Lipinski definition) is 3. The zero-order chi connectivity index (χ0) is 13.2. The van der Waals surface area contributed by atoms with Crippen LogP contribution in [0.4, 0.5) is 4.79 Å². The number of likely N-dealkylation sites (tertiary alicyclic amines) is 1. The van der Waals surface area contributed by atoms with Crippen molar-refractivity contribution >= 4 is 6.09 Å². The molecule has 4 heteroatoms. The zero-order valence-electron chi connectivity index (χ0n) is 11.6. The van der Waals surface area contributed by atoms with E-state index in [9.17, 15) is 9.90 Å². The highest BCUT2D eigenvalue weighted by molar-refractivity contribution is 5.69. The van der Waals surface area contributed by atoms with Crippen LogP contribution >= 0.6 is 0 Å². The van der Waals surface area contributed by atoms with Crippen molar-refractivity contribution in [1.29, 1.82) is 0 Å². The second-order valence-electron chi connectivity index (χ2n) is 6.00. The summed E-state index contributed by atoms with van der Waals surface area (Å²) in [6, 6.07) is 0.223. The lowest BCUT2D eigenvalue weighted by Gasteiger charge is -2.43. The average molecular weight is 243 g/mol. The molecule has 0 aromatic rings. The Morgan fingerprint density at radius 3 is 2.41 bits per heavy atom. The zero-order valence-corrected chi connectivity index (χ0v) is 11.6. The van der Waals surface area contributed by atoms with Crippen molar-refractivity contribution in [3.05, 3.63) is 0 Å². The van der Waals surface area contributed by atoms with Gasteiger partial charge in [0.2, 0.25) is 0 Å². The fourth-order valence-electron chi connectivity index (χ4n) is 2.37. The summed E-state index contributed by atoms with van der Waals surface area (Å²) in [5.74, 6) is 0.165. The molecule has 1 N–H and O–H groups in total. The van der Waals surface area contributed by atoms with Crippen molar-refractivity contribution in [3.63, 3.8) is 0 Å². The maximum absolute atomic E-state index is 12.1. The molecule has 3 atom stereocenters. The van der Waals surface area contributed by atoms with Crippen LogP contribution in [0.1, 0.15) is 47.5 Å². The Labute approximate surface area is 104 Å². The van der Waals surface area contributed by atoms with Gasteiger partial charge in [-0.2, -0.15) is 0 Å². The number of piperidine rings is 1. The molecule has 1 saturated heterocycles. The standard InChI is InChI=1S/C13H25NO3/c1-9-6-7-11(8-15)10(2)14(9)12(16)17-13(3,4)5/h9-11,15H,6-8H2,1-5H3. The third-order valence-electron chi connectivity index (χ3n) is 3.39. The molecule has 3 unspecified atom stereocenters. The summed E-state index contributed by atoms with van der Waals surface area (Å²) < 4.78 is 5.42. The number of carbonyl (C=O) groups excluding carboxylic acids is 1. The van der Waals surface area contributed by atoms with Crippen molar-refractivity contribution in [2.45, 2.75) is 65.1 Å². The topological polar surface area (TPSA) is 49.8 Å². The molecule has 0 aromatic carbocycles. The van der Waals surface area contributed by atoms with E-state index in [0.717, 1.165) is 12.8 Å². The molecule has 0 bridgehead atoms. The van der Waals surface area contributed by atoms with Gasteiger partial charge in [0, 0.05) is 24.6 Å². The van der Waals surface area contributed by atoms with Crippen LogP contribution in [0.15, 0.2) is 0 Å². The molecule has 1 amide bonds. The molecular weight excluding hydrogens is 218 g/mol. The Balaban J connectivity index is 2.75. The van der Waals surface area contributed by atoms with E-state index in [4.69, 9.17) is 4.74 Å². The lowest BCUT2D eigenvalue weighted by molar-refractivity contribution is -0.0183. The van der Waals surface area contributed by atoms with E-state index in [1.807, 2.05) is 34.6 Å². The molecule has 4 nitrogen and oxygen atoms in total. The van der Waals surface area contributed by atoms with E-state index in [2.05, 4.69) is 0 Å². The summed E-state index contributed by atoms with van der Waals surface area (Å²) in [4.78, 5) is 13.9. The number of hydrogen-bond donors (Lipinski definition) is 1. The third-order valence-corrected chi connectivity index (χ3v) is 3.39. The van der Waals surface area contributed by atoms with Crippen LogP contribution in [0.3, 0.4) is 0 Å². The molecular formula is C13H25NO3. The molecule has 1 aliphatic rings. The minimum absolute atomic E-state index is 0.0404. The maximum atomic E-state index is 12.1. The highest BCUT2D eigenvalue weighted by Gasteiger charge is 2.37. The Bertz CT molecular complexity index is 272. The van der Waals surface area contributed by atoms with Crippen molar-refractivity contribution in [3.8, 4) is 0 Å². The van der Waals surface area contributed by atoms with Crippen molar-refractivity contribution in [1.82, 2.24) is 4.90 Å². The normalized spacial score (nSPS) is 30.2. The first-order valence-corrected chi connectivity index (χ1v) is 6.38. The number of aliphatic hydroxyl groups excluding tert-OH is 1. The Kier molecular flexibility index (Phi) is 4.42. The van der Waals surface area contributed by atoms with Gasteiger partial charge in [-0.25, -0.2) is 4.79 Å². The van der Waals surface area contributed by atoms with Crippen LogP contribution in [-0.2, 0) is 4.74 Å². The van der Waals surface area contributed by atoms with Gasteiger partial charge < -0.3 is 14.7 Å². The van der Waals surface area contributed by atoms with Gasteiger partial charge in [-0.1, -0.05) is 0 Å². The van der Waals surface area contributed by atoms with Crippen molar-refractivity contribution < 1.29 is 14.6 Å². The number of carbonyl (C=O) groups is 1. The molecule has 0 aromatic heterocycles. The summed E-state index contributed by atoms with van der Waals surface area (Å²) in [7, 11) is 0. The van der Waals surface area contributed by atoms with Gasteiger partial charge in [-0.15, -0.1) is 0 Å². The van der Waals surface area contributed by atoms with Gasteiger partial charge in [-0.3, -0.25) is 0 Å². The lowest BCUT2D eigenvalue weighted by Crippen LogP contribution is -2.53. The molecule has 1 rings (SSSR count). The molecule has 17 heavy (non-hydrogen) atoms. The number of aliphatic hydroxyl groups is 1. The number of nitrogens with zero attached hydrogens (tertiary/aromatic N) is 1. The van der Waals surface area contributed by atoms with Crippen LogP contribution in [-0.4, -0.2) is 40.4 Å². The number of ether oxygens (including phenoxy) is 1. The molecule has 1 aliphatic heterocycles. The third kappa shape index (κ3) is 3.60. The van der Waals surface area contributed by atoms with Crippen LogP contribution < -0.4 is 0 Å². The molecule has 0 aliphatic carbocycles. The minimum Gasteiger partial charge on any atom is -0.444 e. The fraction of sp³-hybridized carbons (Fsp3) is 0.923. The van der Waals surface area contributed by atoms with Gasteiger partial charge in [0.1, 0.15) is 5.60 Å². The molecule has 0 spiro atoms. The van der Waals surface area contributed by atoms with Crippen LogP contribution in [0.25, 0.3) is 0 Å². The van der Waals surface area contributed by atoms with Gasteiger partial charge in [0.05, 0.1) is 0 Å². The molecule has 1 fully saturated rings. The van der Waals surface area contributed by atoms with Gasteiger partial charge in [-0.05, 0) is 47.5 Å². The van der Waals surface area contributed by atoms with Crippen molar-refractivity contribution in [2.75, 3.05) is 6.61 Å². The predicted molar refractivity (Wildman–Crippen MR) is 66.8 cm³/mol. The molecule has 100 valence electrons.